The van der Waals surface area contributed by atoms with Gasteiger partial charge in [0, 0.05) is 0 Å². The van der Waals surface area contributed by atoms with E-state index in [1.165, 1.54) is 126 Å². The van der Waals surface area contributed by atoms with Gasteiger partial charge in [0.25, 0.3) is 0 Å². The Bertz CT molecular complexity index is 886. The fourth-order valence-corrected chi connectivity index (χ4v) is 7.75. The Balaban J connectivity index is 1.39. The maximum Gasteiger partial charge on any atom is -0.0176 e. The molecule has 0 nitrogen and oxygen atoms in total. The molecule has 0 aromatic heterocycles. The van der Waals surface area contributed by atoms with Crippen LogP contribution in [0.1, 0.15) is 119 Å². The Hall–Kier alpha value is -1.43. The van der Waals surface area contributed by atoms with Crippen LogP contribution < -0.4 is 0 Å². The Morgan fingerprint density at radius 1 is 0.390 bits per heavy atom. The Morgan fingerprint density at radius 3 is 1.00 bits per heavy atom. The highest BCUT2D eigenvalue weighted by atomic mass is 79.9. The molecule has 0 bridgehead atoms. The Kier molecular flexibility index (Phi) is 18.4. The molecule has 1 unspecified atom stereocenters. The predicted molar refractivity (Wildman–Crippen MR) is 189 cm³/mol. The quantitative estimate of drug-likeness (QED) is 0.0679. The summed E-state index contributed by atoms with van der Waals surface area (Å²) < 4.78 is 0. The van der Waals surface area contributed by atoms with Gasteiger partial charge in [-0.15, -0.1) is 0 Å². The van der Waals surface area contributed by atoms with Crippen molar-refractivity contribution in [3.8, 4) is 0 Å². The van der Waals surface area contributed by atoms with Crippen LogP contribution in [0.4, 0.5) is 0 Å². The summed E-state index contributed by atoms with van der Waals surface area (Å²) in [7, 11) is 0.963. The van der Waals surface area contributed by atoms with Crippen molar-refractivity contribution in [2.75, 3.05) is 6.16 Å². The van der Waals surface area contributed by atoms with E-state index in [0.717, 1.165) is 26.5 Å². The molecular formula is C39H56BrP. The van der Waals surface area contributed by atoms with Crippen molar-refractivity contribution in [1.82, 2.24) is 0 Å². The normalized spacial score (nSPS) is 11.9. The van der Waals surface area contributed by atoms with Crippen LogP contribution >= 0.6 is 22.8 Å². The molecule has 224 valence electrons. The molecule has 0 aliphatic heterocycles. The number of benzene rings is 3. The van der Waals surface area contributed by atoms with Crippen LogP contribution in [-0.2, 0) is 19.3 Å². The molecule has 0 saturated heterocycles. The Morgan fingerprint density at radius 2 is 0.683 bits per heavy atom. The molecule has 3 aromatic carbocycles. The van der Waals surface area contributed by atoms with Crippen molar-refractivity contribution in [2.24, 2.45) is 5.41 Å². The lowest BCUT2D eigenvalue weighted by molar-refractivity contribution is 0.243. The summed E-state index contributed by atoms with van der Waals surface area (Å²) in [5, 5.41) is 0. The zero-order valence-electron chi connectivity index (χ0n) is 25.7. The SMILES string of the molecule is BrPCCCCCCCCCCCCCCCCCC(Cc1ccccc1)(Cc1ccccc1)Cc1ccccc1. The average molecular weight is 636 g/mol. The molecule has 0 N–H and O–H groups in total. The number of halogens is 1. The summed E-state index contributed by atoms with van der Waals surface area (Å²) in [4.78, 5) is 0. The van der Waals surface area contributed by atoms with Crippen LogP contribution in [0.25, 0.3) is 0 Å². The molecule has 41 heavy (non-hydrogen) atoms. The van der Waals surface area contributed by atoms with Crippen LogP contribution in [0, 0.1) is 5.41 Å². The van der Waals surface area contributed by atoms with Gasteiger partial charge in [-0.25, -0.2) is 0 Å². The van der Waals surface area contributed by atoms with E-state index in [1.54, 1.807) is 0 Å². The molecule has 0 spiro atoms. The van der Waals surface area contributed by atoms with E-state index in [1.807, 2.05) is 0 Å². The summed E-state index contributed by atoms with van der Waals surface area (Å²) >= 11 is 3.56. The van der Waals surface area contributed by atoms with Gasteiger partial charge in [0.2, 0.25) is 0 Å². The first-order chi connectivity index (χ1) is 20.3. The van der Waals surface area contributed by atoms with E-state index in [0.29, 0.717) is 0 Å². The van der Waals surface area contributed by atoms with Crippen molar-refractivity contribution in [3.63, 3.8) is 0 Å². The number of rotatable bonds is 24. The first-order valence-corrected chi connectivity index (χ1v) is 20.2. The number of hydrogen-bond acceptors (Lipinski definition) is 0. The predicted octanol–water partition coefficient (Wildman–Crippen LogP) is 12.9. The van der Waals surface area contributed by atoms with E-state index in [9.17, 15) is 0 Å². The third-order valence-electron chi connectivity index (χ3n) is 8.74. The molecular weight excluding hydrogens is 579 g/mol. The van der Waals surface area contributed by atoms with Gasteiger partial charge in [0.15, 0.2) is 0 Å². The topological polar surface area (TPSA) is 0 Å². The summed E-state index contributed by atoms with van der Waals surface area (Å²) in [5.41, 5.74) is 4.68. The molecule has 0 fully saturated rings. The number of unbranched alkanes of at least 4 members (excludes halogenated alkanes) is 14. The fraction of sp³-hybridized carbons (Fsp3) is 0.538. The average Bonchev–Trinajstić information content (AvgIpc) is 3.00. The van der Waals surface area contributed by atoms with Crippen LogP contribution in [0.15, 0.2) is 91.0 Å². The third kappa shape index (κ3) is 15.6. The van der Waals surface area contributed by atoms with Gasteiger partial charge in [-0.1, -0.05) is 204 Å². The largest absolute Gasteiger partial charge is 0.0642 e. The van der Waals surface area contributed by atoms with Gasteiger partial charge in [-0.3, -0.25) is 0 Å². The van der Waals surface area contributed by atoms with Crippen LogP contribution in [-0.4, -0.2) is 6.16 Å². The lowest BCUT2D eigenvalue weighted by atomic mass is 9.69. The molecule has 3 aromatic rings. The molecule has 0 heterocycles. The van der Waals surface area contributed by atoms with Crippen LogP contribution in [0.2, 0.25) is 0 Å². The standard InChI is InChI=1S/C39H56BrP/c40-41-32-24-13-11-9-7-5-3-1-2-4-6-8-10-12-23-31-39(33-36-25-17-14-18-26-36,34-37-27-19-15-20-28-37)35-38-29-21-16-22-30-38/h14-22,25-30,41H,1-13,23-24,31-35H2. The second-order valence-electron chi connectivity index (χ2n) is 12.4. The second-order valence-corrected chi connectivity index (χ2v) is 14.9. The molecule has 2 heteroatoms. The minimum Gasteiger partial charge on any atom is -0.0642 e. The highest BCUT2D eigenvalue weighted by molar-refractivity contribution is 9.36. The summed E-state index contributed by atoms with van der Waals surface area (Å²) in [6.45, 7) is 0. The first kappa shape index (κ1) is 34.1. The van der Waals surface area contributed by atoms with Gasteiger partial charge in [0.05, 0.1) is 0 Å². The van der Waals surface area contributed by atoms with Gasteiger partial charge in [-0.2, -0.15) is 0 Å². The van der Waals surface area contributed by atoms with Crippen molar-refractivity contribution in [3.05, 3.63) is 108 Å². The molecule has 0 aliphatic carbocycles. The first-order valence-electron chi connectivity index (χ1n) is 16.7. The van der Waals surface area contributed by atoms with Crippen molar-refractivity contribution in [2.45, 2.75) is 122 Å². The van der Waals surface area contributed by atoms with Gasteiger partial charge < -0.3 is 0 Å². The van der Waals surface area contributed by atoms with E-state index >= 15 is 0 Å². The van der Waals surface area contributed by atoms with E-state index in [4.69, 9.17) is 0 Å². The molecule has 3 rings (SSSR count). The highest BCUT2D eigenvalue weighted by Crippen LogP contribution is 2.37. The summed E-state index contributed by atoms with van der Waals surface area (Å²) in [5.74, 6) is 0. The molecule has 0 saturated carbocycles. The van der Waals surface area contributed by atoms with Crippen LogP contribution in [0.5, 0.6) is 0 Å². The molecule has 0 radical (unpaired) electrons. The molecule has 0 aliphatic rings. The van der Waals surface area contributed by atoms with Crippen LogP contribution in [0.3, 0.4) is 0 Å². The van der Waals surface area contributed by atoms with Gasteiger partial charge >= 0.3 is 0 Å². The fourth-order valence-electron chi connectivity index (χ4n) is 6.53. The highest BCUT2D eigenvalue weighted by Gasteiger charge is 2.30. The lowest BCUT2D eigenvalue weighted by Crippen LogP contribution is -2.30. The third-order valence-corrected chi connectivity index (χ3v) is 10.5. The van der Waals surface area contributed by atoms with E-state index in [2.05, 4.69) is 106 Å². The lowest BCUT2D eigenvalue weighted by Gasteiger charge is -2.35. The zero-order chi connectivity index (χ0) is 28.7. The molecule has 1 atom stereocenters. The van der Waals surface area contributed by atoms with Crippen molar-refractivity contribution < 1.29 is 0 Å². The van der Waals surface area contributed by atoms with E-state index < -0.39 is 0 Å². The Labute approximate surface area is 263 Å². The monoisotopic (exact) mass is 634 g/mol. The smallest absolute Gasteiger partial charge is 0.0176 e. The van der Waals surface area contributed by atoms with Gasteiger partial charge in [0.1, 0.15) is 0 Å². The van der Waals surface area contributed by atoms with Gasteiger partial charge in [-0.05, 0) is 60.4 Å². The minimum atomic E-state index is 0.248. The molecule has 0 amide bonds. The zero-order valence-corrected chi connectivity index (χ0v) is 28.3. The van der Waals surface area contributed by atoms with Crippen molar-refractivity contribution >= 4 is 22.8 Å². The summed E-state index contributed by atoms with van der Waals surface area (Å²) in [6, 6.07) is 33.7. The summed E-state index contributed by atoms with van der Waals surface area (Å²) in [6.07, 6.45) is 27.5. The number of hydrogen-bond donors (Lipinski definition) is 0. The van der Waals surface area contributed by atoms with E-state index in [-0.39, 0.29) is 5.41 Å². The van der Waals surface area contributed by atoms with Crippen molar-refractivity contribution in [1.29, 1.82) is 0 Å². The maximum absolute atomic E-state index is 3.56. The minimum absolute atomic E-state index is 0.248. The maximum atomic E-state index is 3.56. The second kappa shape index (κ2) is 22.2.